The largest absolute Gasteiger partial charge is 0.454 e. The number of hydrogen-bond acceptors (Lipinski definition) is 4. The van der Waals surface area contributed by atoms with Gasteiger partial charge in [-0.1, -0.05) is 56.3 Å². The van der Waals surface area contributed by atoms with Gasteiger partial charge in [-0.2, -0.15) is 18.4 Å². The molecule has 0 fully saturated rings. The van der Waals surface area contributed by atoms with Crippen molar-refractivity contribution < 1.29 is 36.2 Å². The van der Waals surface area contributed by atoms with Gasteiger partial charge in [0.05, 0.1) is 11.5 Å². The average Bonchev–Trinajstić information content (AvgIpc) is 2.84. The number of benzene rings is 3. The fourth-order valence-corrected chi connectivity index (χ4v) is 3.36. The number of rotatable bonds is 8. The number of alkyl halides is 3. The number of ether oxygens (including phenoxy) is 2. The summed E-state index contributed by atoms with van der Waals surface area (Å²) in [5.74, 6) is -3.71. The van der Waals surface area contributed by atoms with Crippen LogP contribution in [0, 0.1) is 34.8 Å². The van der Waals surface area contributed by atoms with Crippen LogP contribution < -0.4 is 4.74 Å². The van der Waals surface area contributed by atoms with Gasteiger partial charge in [0.1, 0.15) is 17.6 Å². The summed E-state index contributed by atoms with van der Waals surface area (Å²) in [6.07, 6.45) is -3.59. The standard InChI is InChI=1S/C28H22F5NO3/c1-17(2)22(12-9-18-8-11-20(15-24(18)30)28(31,32)33)27(35)37-26(16-34)19-10-13-23(29)25(14-19)36-21-6-4-3-5-7-21/h3-15,17,22,26H,1-2H3. The monoisotopic (exact) mass is 515 g/mol. The molecule has 9 heteroatoms. The van der Waals surface area contributed by atoms with Crippen molar-refractivity contribution in [2.75, 3.05) is 0 Å². The maximum Gasteiger partial charge on any atom is 0.416 e. The molecule has 2 atom stereocenters. The first kappa shape index (κ1) is 27.4. The van der Waals surface area contributed by atoms with Crippen LogP contribution in [0.5, 0.6) is 11.5 Å². The van der Waals surface area contributed by atoms with Gasteiger partial charge in [-0.05, 0) is 42.3 Å². The van der Waals surface area contributed by atoms with Crippen LogP contribution in [0.25, 0.3) is 6.08 Å². The van der Waals surface area contributed by atoms with E-state index in [2.05, 4.69) is 0 Å². The summed E-state index contributed by atoms with van der Waals surface area (Å²) in [7, 11) is 0. The minimum atomic E-state index is -4.69. The van der Waals surface area contributed by atoms with Gasteiger partial charge in [0.15, 0.2) is 11.6 Å². The highest BCUT2D eigenvalue weighted by Gasteiger charge is 2.31. The molecule has 192 valence electrons. The van der Waals surface area contributed by atoms with Gasteiger partial charge in [-0.25, -0.2) is 8.78 Å². The van der Waals surface area contributed by atoms with Gasteiger partial charge in [-0.3, -0.25) is 4.79 Å². The molecular formula is C28H22F5NO3. The smallest absolute Gasteiger partial charge is 0.416 e. The Kier molecular flexibility index (Phi) is 8.66. The van der Waals surface area contributed by atoms with Crippen LogP contribution in [0.1, 0.15) is 36.6 Å². The van der Waals surface area contributed by atoms with Crippen molar-refractivity contribution in [1.82, 2.24) is 0 Å². The predicted molar refractivity (Wildman–Crippen MR) is 126 cm³/mol. The van der Waals surface area contributed by atoms with Crippen molar-refractivity contribution in [2.24, 2.45) is 11.8 Å². The van der Waals surface area contributed by atoms with E-state index in [4.69, 9.17) is 9.47 Å². The number of hydrogen-bond donors (Lipinski definition) is 0. The van der Waals surface area contributed by atoms with Crippen molar-refractivity contribution in [3.05, 3.63) is 101 Å². The number of esters is 1. The molecule has 2 unspecified atom stereocenters. The molecule has 0 aliphatic carbocycles. The lowest BCUT2D eigenvalue weighted by Crippen LogP contribution is -2.22. The number of nitriles is 1. The summed E-state index contributed by atoms with van der Waals surface area (Å²) in [5.41, 5.74) is -1.11. The lowest BCUT2D eigenvalue weighted by Gasteiger charge is -2.19. The second kappa shape index (κ2) is 11.7. The zero-order valence-electron chi connectivity index (χ0n) is 19.8. The quantitative estimate of drug-likeness (QED) is 0.226. The maximum atomic E-state index is 14.3. The summed E-state index contributed by atoms with van der Waals surface area (Å²) in [4.78, 5) is 12.9. The summed E-state index contributed by atoms with van der Waals surface area (Å²) in [5, 5.41) is 9.61. The molecule has 4 nitrogen and oxygen atoms in total. The molecule has 0 N–H and O–H groups in total. The predicted octanol–water partition coefficient (Wildman–Crippen LogP) is 7.87. The van der Waals surface area contributed by atoms with Crippen LogP contribution in [0.15, 0.2) is 72.8 Å². The molecule has 0 amide bonds. The number of halogens is 5. The van der Waals surface area contributed by atoms with E-state index in [-0.39, 0.29) is 22.8 Å². The second-order valence-corrected chi connectivity index (χ2v) is 8.41. The van der Waals surface area contributed by atoms with E-state index < -0.39 is 41.4 Å². The van der Waals surface area contributed by atoms with Crippen LogP contribution >= 0.6 is 0 Å². The topological polar surface area (TPSA) is 59.3 Å². The third-order valence-electron chi connectivity index (χ3n) is 5.38. The summed E-state index contributed by atoms with van der Waals surface area (Å²) in [6.45, 7) is 3.37. The van der Waals surface area contributed by atoms with Gasteiger partial charge >= 0.3 is 12.1 Å². The summed E-state index contributed by atoms with van der Waals surface area (Å²) >= 11 is 0. The van der Waals surface area contributed by atoms with E-state index in [1.165, 1.54) is 24.3 Å². The molecule has 0 radical (unpaired) electrons. The molecule has 0 aromatic heterocycles. The third kappa shape index (κ3) is 7.17. The van der Waals surface area contributed by atoms with Crippen molar-refractivity contribution in [2.45, 2.75) is 26.1 Å². The van der Waals surface area contributed by atoms with Crippen LogP contribution in [0.2, 0.25) is 0 Å². The van der Waals surface area contributed by atoms with Crippen LogP contribution in [-0.2, 0) is 15.7 Å². The highest BCUT2D eigenvalue weighted by Crippen LogP contribution is 2.32. The second-order valence-electron chi connectivity index (χ2n) is 8.41. The zero-order chi connectivity index (χ0) is 27.2. The van der Waals surface area contributed by atoms with Gasteiger partial charge in [0.25, 0.3) is 0 Å². The number of para-hydroxylation sites is 1. The van der Waals surface area contributed by atoms with E-state index in [9.17, 15) is 32.0 Å². The van der Waals surface area contributed by atoms with Crippen molar-refractivity contribution >= 4 is 12.0 Å². The van der Waals surface area contributed by atoms with Crippen molar-refractivity contribution in [3.63, 3.8) is 0 Å². The minimum Gasteiger partial charge on any atom is -0.454 e. The first-order chi connectivity index (χ1) is 17.5. The number of nitrogens with zero attached hydrogens (tertiary/aromatic N) is 1. The zero-order valence-corrected chi connectivity index (χ0v) is 19.8. The molecule has 3 aromatic carbocycles. The first-order valence-corrected chi connectivity index (χ1v) is 11.2. The molecule has 37 heavy (non-hydrogen) atoms. The van der Waals surface area contributed by atoms with E-state index in [1.54, 1.807) is 44.2 Å². The molecule has 0 spiro atoms. The van der Waals surface area contributed by atoms with E-state index in [0.717, 1.165) is 18.2 Å². The van der Waals surface area contributed by atoms with Crippen LogP contribution in [0.3, 0.4) is 0 Å². The Bertz CT molecular complexity index is 1310. The average molecular weight is 515 g/mol. The highest BCUT2D eigenvalue weighted by molar-refractivity contribution is 5.77. The van der Waals surface area contributed by atoms with E-state index >= 15 is 0 Å². The Hall–Kier alpha value is -4.19. The molecule has 0 heterocycles. The maximum absolute atomic E-state index is 14.3. The Morgan fingerprint density at radius 3 is 2.27 bits per heavy atom. The lowest BCUT2D eigenvalue weighted by molar-refractivity contribution is -0.151. The lowest BCUT2D eigenvalue weighted by atomic mass is 9.94. The van der Waals surface area contributed by atoms with Gasteiger partial charge in [0, 0.05) is 11.1 Å². The Labute approximate surface area is 210 Å². The van der Waals surface area contributed by atoms with Crippen LogP contribution in [-0.4, -0.2) is 5.97 Å². The van der Waals surface area contributed by atoms with Gasteiger partial charge < -0.3 is 9.47 Å². The molecular weight excluding hydrogens is 493 g/mol. The molecule has 0 saturated heterocycles. The van der Waals surface area contributed by atoms with Crippen molar-refractivity contribution in [1.29, 1.82) is 5.26 Å². The molecule has 0 bridgehead atoms. The Morgan fingerprint density at radius 2 is 1.68 bits per heavy atom. The fourth-order valence-electron chi connectivity index (χ4n) is 3.36. The molecule has 0 saturated carbocycles. The van der Waals surface area contributed by atoms with Gasteiger partial charge in [-0.15, -0.1) is 0 Å². The van der Waals surface area contributed by atoms with Gasteiger partial charge in [0.2, 0.25) is 6.10 Å². The minimum absolute atomic E-state index is 0.149. The summed E-state index contributed by atoms with van der Waals surface area (Å²) in [6, 6.07) is 15.9. The number of carbonyl (C=O) groups is 1. The highest BCUT2D eigenvalue weighted by atomic mass is 19.4. The molecule has 0 aliphatic rings. The Balaban J connectivity index is 1.78. The van der Waals surface area contributed by atoms with Crippen LogP contribution in [0.4, 0.5) is 22.0 Å². The fraction of sp³-hybridized carbons (Fsp3) is 0.214. The number of carbonyl (C=O) groups excluding carboxylic acids is 1. The van der Waals surface area contributed by atoms with E-state index in [0.29, 0.717) is 11.8 Å². The van der Waals surface area contributed by atoms with Crippen molar-refractivity contribution in [3.8, 4) is 17.6 Å². The molecule has 3 rings (SSSR count). The molecule has 3 aromatic rings. The first-order valence-electron chi connectivity index (χ1n) is 11.2. The SMILES string of the molecule is CC(C)C(C=Cc1ccc(C(F)(F)F)cc1F)C(=O)OC(C#N)c1ccc(F)c(Oc2ccccc2)c1. The third-order valence-corrected chi connectivity index (χ3v) is 5.38. The molecule has 0 aliphatic heterocycles. The van der Waals surface area contributed by atoms with E-state index in [1.807, 2.05) is 6.07 Å². The Morgan fingerprint density at radius 1 is 0.973 bits per heavy atom. The summed E-state index contributed by atoms with van der Waals surface area (Å²) < 4.78 is 77.7. The normalized spacial score (nSPS) is 13.3.